The van der Waals surface area contributed by atoms with Crippen LogP contribution >= 0.6 is 0 Å². The number of nitrogens with one attached hydrogen (secondary N) is 2. The SMILES string of the molecule is COCCn1cccc1C(=O)NC1CCCNC1C. The molecule has 2 N–H and O–H groups in total. The van der Waals surface area contributed by atoms with Crippen LogP contribution in [0.2, 0.25) is 0 Å². The molecule has 2 atom stereocenters. The molecule has 2 rings (SSSR count). The third-order valence-electron chi connectivity index (χ3n) is 3.68. The number of carbonyl (C=O) groups is 1. The van der Waals surface area contributed by atoms with Crippen molar-refractivity contribution in [2.75, 3.05) is 20.3 Å². The van der Waals surface area contributed by atoms with Gasteiger partial charge in [0.05, 0.1) is 6.61 Å². The fraction of sp³-hybridized carbons (Fsp3) is 0.643. The fourth-order valence-electron chi connectivity index (χ4n) is 2.49. The average molecular weight is 265 g/mol. The van der Waals surface area contributed by atoms with Gasteiger partial charge in [0.1, 0.15) is 5.69 Å². The second-order valence-electron chi connectivity index (χ2n) is 5.04. The lowest BCUT2D eigenvalue weighted by molar-refractivity contribution is 0.0907. The highest BCUT2D eigenvalue weighted by atomic mass is 16.5. The lowest BCUT2D eigenvalue weighted by Crippen LogP contribution is -2.52. The van der Waals surface area contributed by atoms with E-state index >= 15 is 0 Å². The molecule has 0 spiro atoms. The number of amides is 1. The second kappa shape index (κ2) is 6.73. The molecule has 1 aliphatic rings. The molecule has 2 unspecified atom stereocenters. The van der Waals surface area contributed by atoms with E-state index in [-0.39, 0.29) is 11.9 Å². The Morgan fingerprint density at radius 1 is 1.63 bits per heavy atom. The highest BCUT2D eigenvalue weighted by Gasteiger charge is 2.23. The van der Waals surface area contributed by atoms with E-state index in [1.54, 1.807) is 7.11 Å². The lowest BCUT2D eigenvalue weighted by Gasteiger charge is -2.30. The van der Waals surface area contributed by atoms with Crippen LogP contribution in [0.1, 0.15) is 30.3 Å². The standard InChI is InChI=1S/C14H23N3O2/c1-11-12(5-3-7-15-11)16-14(18)13-6-4-8-17(13)9-10-19-2/h4,6,8,11-12,15H,3,5,7,9-10H2,1-2H3,(H,16,18). The van der Waals surface area contributed by atoms with Crippen molar-refractivity contribution < 1.29 is 9.53 Å². The molecule has 1 saturated heterocycles. The first-order valence-corrected chi connectivity index (χ1v) is 6.90. The number of piperidine rings is 1. The number of nitrogens with zero attached hydrogens (tertiary/aromatic N) is 1. The molecular formula is C14H23N3O2. The lowest BCUT2D eigenvalue weighted by atomic mass is 10.00. The largest absolute Gasteiger partial charge is 0.383 e. The van der Waals surface area contributed by atoms with Crippen molar-refractivity contribution in [3.63, 3.8) is 0 Å². The average Bonchev–Trinajstić information content (AvgIpc) is 2.87. The van der Waals surface area contributed by atoms with Gasteiger partial charge in [-0.1, -0.05) is 0 Å². The predicted molar refractivity (Wildman–Crippen MR) is 74.3 cm³/mol. The highest BCUT2D eigenvalue weighted by Crippen LogP contribution is 2.10. The van der Waals surface area contributed by atoms with E-state index in [1.807, 2.05) is 22.9 Å². The normalized spacial score (nSPS) is 23.3. The Balaban J connectivity index is 1.97. The molecule has 5 nitrogen and oxygen atoms in total. The van der Waals surface area contributed by atoms with Crippen molar-refractivity contribution in [3.05, 3.63) is 24.0 Å². The molecule has 1 aliphatic heterocycles. The minimum absolute atomic E-state index is 0.00153. The van der Waals surface area contributed by atoms with Crippen LogP contribution in [-0.2, 0) is 11.3 Å². The molecule has 0 aliphatic carbocycles. The zero-order valence-electron chi connectivity index (χ0n) is 11.7. The molecule has 0 saturated carbocycles. The Morgan fingerprint density at radius 2 is 2.47 bits per heavy atom. The monoisotopic (exact) mass is 265 g/mol. The number of aromatic nitrogens is 1. The van der Waals surface area contributed by atoms with Gasteiger partial charge in [0.25, 0.3) is 5.91 Å². The maximum Gasteiger partial charge on any atom is 0.268 e. The smallest absolute Gasteiger partial charge is 0.268 e. The first-order chi connectivity index (χ1) is 9.22. The highest BCUT2D eigenvalue weighted by molar-refractivity contribution is 5.93. The minimum atomic E-state index is 0.00153. The molecule has 1 fully saturated rings. The summed E-state index contributed by atoms with van der Waals surface area (Å²) in [5.41, 5.74) is 0.704. The first kappa shape index (κ1) is 14.1. The van der Waals surface area contributed by atoms with Gasteiger partial charge >= 0.3 is 0 Å². The van der Waals surface area contributed by atoms with Crippen molar-refractivity contribution in [3.8, 4) is 0 Å². The van der Waals surface area contributed by atoms with E-state index in [4.69, 9.17) is 4.74 Å². The van der Waals surface area contributed by atoms with Gasteiger partial charge in [-0.15, -0.1) is 0 Å². The molecule has 0 bridgehead atoms. The number of methoxy groups -OCH3 is 1. The van der Waals surface area contributed by atoms with Crippen LogP contribution in [0.4, 0.5) is 0 Å². The summed E-state index contributed by atoms with van der Waals surface area (Å²) in [7, 11) is 1.67. The molecule has 5 heteroatoms. The van der Waals surface area contributed by atoms with Gasteiger partial charge in [-0.3, -0.25) is 4.79 Å². The van der Waals surface area contributed by atoms with Crippen LogP contribution in [0.25, 0.3) is 0 Å². The zero-order chi connectivity index (χ0) is 13.7. The summed E-state index contributed by atoms with van der Waals surface area (Å²) in [4.78, 5) is 12.3. The summed E-state index contributed by atoms with van der Waals surface area (Å²) in [6.07, 6.45) is 4.06. The number of ether oxygens (including phenoxy) is 1. The van der Waals surface area contributed by atoms with E-state index in [0.717, 1.165) is 19.4 Å². The number of carbonyl (C=O) groups excluding carboxylic acids is 1. The number of hydrogen-bond acceptors (Lipinski definition) is 3. The van der Waals surface area contributed by atoms with Gasteiger partial charge in [-0.2, -0.15) is 0 Å². The minimum Gasteiger partial charge on any atom is -0.383 e. The summed E-state index contributed by atoms with van der Waals surface area (Å²) in [5, 5.41) is 6.51. The number of rotatable bonds is 5. The maximum absolute atomic E-state index is 12.3. The van der Waals surface area contributed by atoms with E-state index in [1.165, 1.54) is 0 Å². The quantitative estimate of drug-likeness (QED) is 0.835. The summed E-state index contributed by atoms with van der Waals surface area (Å²) < 4.78 is 6.98. The van der Waals surface area contributed by atoms with Crippen molar-refractivity contribution in [2.24, 2.45) is 0 Å². The molecule has 19 heavy (non-hydrogen) atoms. The first-order valence-electron chi connectivity index (χ1n) is 6.90. The van der Waals surface area contributed by atoms with Crippen LogP contribution in [0, 0.1) is 0 Å². The van der Waals surface area contributed by atoms with Gasteiger partial charge < -0.3 is 19.9 Å². The van der Waals surface area contributed by atoms with E-state index in [9.17, 15) is 4.79 Å². The van der Waals surface area contributed by atoms with Crippen LogP contribution in [0.3, 0.4) is 0 Å². The molecule has 1 aromatic heterocycles. The number of hydrogen-bond donors (Lipinski definition) is 2. The Kier molecular flexibility index (Phi) is 4.99. The van der Waals surface area contributed by atoms with Gasteiger partial charge in [0.15, 0.2) is 0 Å². The zero-order valence-corrected chi connectivity index (χ0v) is 11.7. The maximum atomic E-state index is 12.3. The van der Waals surface area contributed by atoms with E-state index < -0.39 is 0 Å². The van der Waals surface area contributed by atoms with Gasteiger partial charge in [-0.05, 0) is 38.4 Å². The predicted octanol–water partition coefficient (Wildman–Crippen LogP) is 1.00. The van der Waals surface area contributed by atoms with Gasteiger partial charge in [0, 0.05) is 31.9 Å². The van der Waals surface area contributed by atoms with Crippen molar-refractivity contribution >= 4 is 5.91 Å². The van der Waals surface area contributed by atoms with Crippen molar-refractivity contribution in [1.82, 2.24) is 15.2 Å². The molecule has 106 valence electrons. The molecular weight excluding hydrogens is 242 g/mol. The Hall–Kier alpha value is -1.33. The Bertz CT molecular complexity index is 417. The molecule has 0 radical (unpaired) electrons. The Morgan fingerprint density at radius 3 is 3.21 bits per heavy atom. The van der Waals surface area contributed by atoms with Crippen molar-refractivity contribution in [2.45, 2.75) is 38.4 Å². The van der Waals surface area contributed by atoms with Crippen LogP contribution in [0.15, 0.2) is 18.3 Å². The molecule has 1 aromatic rings. The summed E-state index contributed by atoms with van der Waals surface area (Å²) in [6.45, 7) is 4.47. The van der Waals surface area contributed by atoms with Gasteiger partial charge in [-0.25, -0.2) is 0 Å². The fourth-order valence-corrected chi connectivity index (χ4v) is 2.49. The topological polar surface area (TPSA) is 55.3 Å². The van der Waals surface area contributed by atoms with E-state index in [2.05, 4.69) is 17.6 Å². The molecule has 2 heterocycles. The molecule has 0 aromatic carbocycles. The van der Waals surface area contributed by atoms with Crippen LogP contribution in [0.5, 0.6) is 0 Å². The van der Waals surface area contributed by atoms with Gasteiger partial charge in [0.2, 0.25) is 0 Å². The third-order valence-corrected chi connectivity index (χ3v) is 3.68. The molecule has 1 amide bonds. The van der Waals surface area contributed by atoms with Crippen LogP contribution < -0.4 is 10.6 Å². The third kappa shape index (κ3) is 3.58. The van der Waals surface area contributed by atoms with Crippen LogP contribution in [-0.4, -0.2) is 42.8 Å². The second-order valence-corrected chi connectivity index (χ2v) is 5.04. The van der Waals surface area contributed by atoms with Crippen molar-refractivity contribution in [1.29, 1.82) is 0 Å². The summed E-state index contributed by atoms with van der Waals surface area (Å²) in [6, 6.07) is 4.30. The summed E-state index contributed by atoms with van der Waals surface area (Å²) in [5.74, 6) is 0.00153. The summed E-state index contributed by atoms with van der Waals surface area (Å²) >= 11 is 0. The Labute approximate surface area is 114 Å². The van der Waals surface area contributed by atoms with E-state index in [0.29, 0.717) is 24.9 Å².